The first-order valence-corrected chi connectivity index (χ1v) is 5.63. The molecule has 0 nitrogen and oxygen atoms in total. The first-order chi connectivity index (χ1) is 6.23. The molecule has 0 heterocycles. The lowest BCUT2D eigenvalue weighted by atomic mass is 9.84. The van der Waals surface area contributed by atoms with E-state index < -0.39 is 0 Å². The zero-order valence-electron chi connectivity index (χ0n) is 10.1. The van der Waals surface area contributed by atoms with Crippen molar-refractivity contribution in [1.82, 2.24) is 0 Å². The standard InChI is InChI=1S/C14H22/c1-9-10(8-13(2,3)4)7-11-12(9)14(11,5)6/h7,11-12H,1,8H2,2-6H3/t11-,12+/m1/s1. The van der Waals surface area contributed by atoms with E-state index in [1.807, 2.05) is 0 Å². The van der Waals surface area contributed by atoms with Gasteiger partial charge in [-0.1, -0.05) is 47.3 Å². The average Bonchev–Trinajstić information content (AvgIpc) is 2.31. The van der Waals surface area contributed by atoms with Gasteiger partial charge in [0.1, 0.15) is 0 Å². The van der Waals surface area contributed by atoms with Gasteiger partial charge >= 0.3 is 0 Å². The van der Waals surface area contributed by atoms with Crippen LogP contribution in [0.5, 0.6) is 0 Å². The molecule has 2 aliphatic carbocycles. The van der Waals surface area contributed by atoms with Crippen molar-refractivity contribution in [2.24, 2.45) is 22.7 Å². The highest BCUT2D eigenvalue weighted by Crippen LogP contribution is 2.68. The molecule has 0 spiro atoms. The monoisotopic (exact) mass is 190 g/mol. The van der Waals surface area contributed by atoms with Crippen LogP contribution in [0.1, 0.15) is 41.0 Å². The summed E-state index contributed by atoms with van der Waals surface area (Å²) in [5.41, 5.74) is 3.87. The quantitative estimate of drug-likeness (QED) is 0.581. The van der Waals surface area contributed by atoms with Crippen molar-refractivity contribution in [3.63, 3.8) is 0 Å². The van der Waals surface area contributed by atoms with E-state index in [1.165, 1.54) is 17.6 Å². The summed E-state index contributed by atoms with van der Waals surface area (Å²) in [5, 5.41) is 0. The zero-order valence-corrected chi connectivity index (χ0v) is 10.1. The fraction of sp³-hybridized carbons (Fsp3) is 0.714. The third kappa shape index (κ3) is 1.36. The molecule has 0 saturated heterocycles. The molecule has 0 heteroatoms. The summed E-state index contributed by atoms with van der Waals surface area (Å²) in [6.07, 6.45) is 3.67. The van der Waals surface area contributed by atoms with E-state index in [1.54, 1.807) is 0 Å². The smallest absolute Gasteiger partial charge is 0.00395 e. The molecule has 0 amide bonds. The molecule has 0 aromatic carbocycles. The topological polar surface area (TPSA) is 0 Å². The molecule has 0 unspecified atom stereocenters. The van der Waals surface area contributed by atoms with Crippen LogP contribution in [0.3, 0.4) is 0 Å². The van der Waals surface area contributed by atoms with E-state index in [9.17, 15) is 0 Å². The molecule has 0 aliphatic heterocycles. The molecule has 78 valence electrons. The molecule has 0 radical (unpaired) electrons. The van der Waals surface area contributed by atoms with Crippen LogP contribution in [0.4, 0.5) is 0 Å². The van der Waals surface area contributed by atoms with Gasteiger partial charge in [-0.05, 0) is 40.2 Å². The predicted molar refractivity (Wildman–Crippen MR) is 62.1 cm³/mol. The number of allylic oxidation sites excluding steroid dienone is 3. The van der Waals surface area contributed by atoms with Crippen molar-refractivity contribution in [3.8, 4) is 0 Å². The molecule has 14 heavy (non-hydrogen) atoms. The number of hydrogen-bond donors (Lipinski definition) is 0. The molecule has 1 saturated carbocycles. The summed E-state index contributed by atoms with van der Waals surface area (Å²) in [6.45, 7) is 15.9. The number of fused-ring (bicyclic) bond motifs is 1. The van der Waals surface area contributed by atoms with Crippen molar-refractivity contribution in [3.05, 3.63) is 23.8 Å². The summed E-state index contributed by atoms with van der Waals surface area (Å²) in [5.74, 6) is 1.56. The van der Waals surface area contributed by atoms with Gasteiger partial charge in [-0.3, -0.25) is 0 Å². The summed E-state index contributed by atoms with van der Waals surface area (Å²) in [4.78, 5) is 0. The normalized spacial score (nSPS) is 34.1. The van der Waals surface area contributed by atoms with E-state index in [2.05, 4.69) is 47.3 Å². The van der Waals surface area contributed by atoms with Gasteiger partial charge in [0.15, 0.2) is 0 Å². The molecular formula is C14H22. The van der Waals surface area contributed by atoms with Gasteiger partial charge in [0.2, 0.25) is 0 Å². The Kier molecular flexibility index (Phi) is 1.81. The van der Waals surface area contributed by atoms with E-state index in [0.29, 0.717) is 10.8 Å². The molecule has 2 aliphatic rings. The lowest BCUT2D eigenvalue weighted by molar-refractivity contribution is 0.408. The van der Waals surface area contributed by atoms with Gasteiger partial charge in [0, 0.05) is 0 Å². The van der Waals surface area contributed by atoms with Gasteiger partial charge in [-0.2, -0.15) is 0 Å². The Morgan fingerprint density at radius 2 is 1.93 bits per heavy atom. The minimum atomic E-state index is 0.399. The van der Waals surface area contributed by atoms with Crippen molar-refractivity contribution in [2.75, 3.05) is 0 Å². The summed E-state index contributed by atoms with van der Waals surface area (Å²) < 4.78 is 0. The number of hydrogen-bond acceptors (Lipinski definition) is 0. The molecule has 2 rings (SSSR count). The lowest BCUT2D eigenvalue weighted by Gasteiger charge is -2.22. The van der Waals surface area contributed by atoms with Crippen LogP contribution in [0.15, 0.2) is 23.8 Å². The fourth-order valence-corrected chi connectivity index (χ4v) is 2.92. The maximum Gasteiger partial charge on any atom is -0.00395 e. The van der Waals surface area contributed by atoms with Crippen LogP contribution >= 0.6 is 0 Å². The van der Waals surface area contributed by atoms with Crippen LogP contribution in [0.2, 0.25) is 0 Å². The minimum Gasteiger partial charge on any atom is -0.0952 e. The second kappa shape index (κ2) is 2.53. The van der Waals surface area contributed by atoms with Crippen molar-refractivity contribution in [2.45, 2.75) is 41.0 Å². The van der Waals surface area contributed by atoms with Gasteiger partial charge in [-0.15, -0.1) is 0 Å². The Morgan fingerprint density at radius 1 is 1.36 bits per heavy atom. The van der Waals surface area contributed by atoms with E-state index in [0.717, 1.165) is 11.8 Å². The van der Waals surface area contributed by atoms with Crippen LogP contribution in [-0.2, 0) is 0 Å². The van der Waals surface area contributed by atoms with Gasteiger partial charge in [0.25, 0.3) is 0 Å². The molecule has 2 atom stereocenters. The Bertz CT molecular complexity index is 309. The highest BCUT2D eigenvalue weighted by Gasteiger charge is 2.60. The van der Waals surface area contributed by atoms with Crippen LogP contribution < -0.4 is 0 Å². The van der Waals surface area contributed by atoms with Gasteiger partial charge in [-0.25, -0.2) is 0 Å². The maximum absolute atomic E-state index is 4.27. The Hall–Kier alpha value is -0.520. The molecular weight excluding hydrogens is 168 g/mol. The van der Waals surface area contributed by atoms with Crippen molar-refractivity contribution < 1.29 is 0 Å². The average molecular weight is 190 g/mol. The molecule has 0 aromatic heterocycles. The molecule has 1 fully saturated rings. The second-order valence-electron chi connectivity index (χ2n) is 6.78. The lowest BCUT2D eigenvalue weighted by Crippen LogP contribution is -2.08. The predicted octanol–water partition coefficient (Wildman–Crippen LogP) is 4.19. The van der Waals surface area contributed by atoms with Gasteiger partial charge < -0.3 is 0 Å². The molecule has 0 N–H and O–H groups in total. The van der Waals surface area contributed by atoms with Crippen LogP contribution in [-0.4, -0.2) is 0 Å². The first-order valence-electron chi connectivity index (χ1n) is 5.63. The Morgan fingerprint density at radius 3 is 2.29 bits per heavy atom. The third-order valence-corrected chi connectivity index (χ3v) is 3.80. The molecule has 0 bridgehead atoms. The highest BCUT2D eigenvalue weighted by molar-refractivity contribution is 5.48. The van der Waals surface area contributed by atoms with E-state index in [-0.39, 0.29) is 0 Å². The Balaban J connectivity index is 2.12. The van der Waals surface area contributed by atoms with E-state index in [4.69, 9.17) is 0 Å². The summed E-state index contributed by atoms with van der Waals surface area (Å²) >= 11 is 0. The van der Waals surface area contributed by atoms with Crippen molar-refractivity contribution >= 4 is 0 Å². The summed E-state index contributed by atoms with van der Waals surface area (Å²) in [7, 11) is 0. The third-order valence-electron chi connectivity index (χ3n) is 3.80. The van der Waals surface area contributed by atoms with Crippen LogP contribution in [0.25, 0.3) is 0 Å². The van der Waals surface area contributed by atoms with Crippen molar-refractivity contribution in [1.29, 1.82) is 0 Å². The fourth-order valence-electron chi connectivity index (χ4n) is 2.92. The Labute approximate surface area is 88.1 Å². The minimum absolute atomic E-state index is 0.399. The second-order valence-corrected chi connectivity index (χ2v) is 6.78. The molecule has 0 aromatic rings. The highest BCUT2D eigenvalue weighted by atomic mass is 14.6. The zero-order chi connectivity index (χ0) is 10.7. The number of rotatable bonds is 1. The first kappa shape index (κ1) is 10.0. The largest absolute Gasteiger partial charge is 0.0952 e. The maximum atomic E-state index is 4.27. The summed E-state index contributed by atoms with van der Waals surface area (Å²) in [6, 6.07) is 0. The van der Waals surface area contributed by atoms with Crippen LogP contribution in [0, 0.1) is 22.7 Å². The van der Waals surface area contributed by atoms with Gasteiger partial charge in [0.05, 0.1) is 0 Å². The van der Waals surface area contributed by atoms with E-state index >= 15 is 0 Å². The SMILES string of the molecule is C=C1C(CC(C)(C)C)=C[C@@H]2[C@H]1C2(C)C.